The van der Waals surface area contributed by atoms with Crippen molar-refractivity contribution in [1.29, 1.82) is 0 Å². The summed E-state index contributed by atoms with van der Waals surface area (Å²) in [5, 5.41) is 4.04. The monoisotopic (exact) mass is 309 g/mol. The van der Waals surface area contributed by atoms with Crippen molar-refractivity contribution in [3.05, 3.63) is 28.2 Å². The molecular weight excluding hydrogens is 293 g/mol. The van der Waals surface area contributed by atoms with Gasteiger partial charge in [0.15, 0.2) is 9.84 Å². The topological polar surface area (TPSA) is 46.2 Å². The first-order valence-corrected chi connectivity index (χ1v) is 7.95. The molecule has 1 N–H and O–H groups in total. The first kappa shape index (κ1) is 15.6. The van der Waals surface area contributed by atoms with Gasteiger partial charge in [0.2, 0.25) is 0 Å². The van der Waals surface area contributed by atoms with Gasteiger partial charge in [0.05, 0.1) is 10.5 Å². The first-order valence-electron chi connectivity index (χ1n) is 5.54. The van der Waals surface area contributed by atoms with Crippen LogP contribution in [0.5, 0.6) is 0 Å². The molecule has 0 radical (unpaired) electrons. The second-order valence-electron chi connectivity index (χ2n) is 5.02. The van der Waals surface area contributed by atoms with Crippen molar-refractivity contribution in [3.63, 3.8) is 0 Å². The normalized spacial score (nSPS) is 12.5. The van der Waals surface area contributed by atoms with Gasteiger partial charge in [-0.05, 0) is 39.0 Å². The van der Waals surface area contributed by atoms with E-state index in [1.807, 2.05) is 0 Å². The molecule has 3 nitrogen and oxygen atoms in total. The van der Waals surface area contributed by atoms with Gasteiger partial charge >= 0.3 is 0 Å². The van der Waals surface area contributed by atoms with Gasteiger partial charge in [-0.25, -0.2) is 8.42 Å². The van der Waals surface area contributed by atoms with Crippen LogP contribution in [0.4, 0.5) is 5.69 Å². The molecule has 0 aliphatic heterocycles. The summed E-state index contributed by atoms with van der Waals surface area (Å²) < 4.78 is 23.0. The summed E-state index contributed by atoms with van der Waals surface area (Å²) in [6, 6.07) is 5.04. The number of halogens is 2. The fourth-order valence-electron chi connectivity index (χ4n) is 1.29. The van der Waals surface area contributed by atoms with Crippen LogP contribution in [0.3, 0.4) is 0 Å². The molecule has 0 heterocycles. The Bertz CT molecular complexity index is 501. The Morgan fingerprint density at radius 3 is 2.06 bits per heavy atom. The zero-order valence-electron chi connectivity index (χ0n) is 10.6. The van der Waals surface area contributed by atoms with Crippen LogP contribution in [-0.2, 0) is 9.84 Å². The van der Waals surface area contributed by atoms with Crippen molar-refractivity contribution in [1.82, 2.24) is 0 Å². The van der Waals surface area contributed by atoms with Crippen molar-refractivity contribution >= 4 is 38.7 Å². The fraction of sp³-hybridized carbons (Fsp3) is 0.500. The van der Waals surface area contributed by atoms with E-state index in [2.05, 4.69) is 5.32 Å². The Kier molecular flexibility index (Phi) is 4.92. The molecule has 0 amide bonds. The molecule has 0 bridgehead atoms. The lowest BCUT2D eigenvalue weighted by atomic mass is 10.3. The number of hydrogen-bond donors (Lipinski definition) is 1. The molecule has 0 saturated carbocycles. The zero-order chi connectivity index (χ0) is 14.0. The molecule has 18 heavy (non-hydrogen) atoms. The van der Waals surface area contributed by atoms with Gasteiger partial charge in [-0.3, -0.25) is 0 Å². The van der Waals surface area contributed by atoms with Crippen molar-refractivity contribution in [3.8, 4) is 0 Å². The van der Waals surface area contributed by atoms with Crippen LogP contribution in [0.2, 0.25) is 10.0 Å². The second-order valence-corrected chi connectivity index (χ2v) is 8.75. The fourth-order valence-corrected chi connectivity index (χ4v) is 2.80. The van der Waals surface area contributed by atoms with Crippen molar-refractivity contribution in [2.45, 2.75) is 25.5 Å². The van der Waals surface area contributed by atoms with Crippen molar-refractivity contribution in [2.24, 2.45) is 0 Å². The predicted octanol–water partition coefficient (Wildman–Crippen LogP) is 3.62. The summed E-state index contributed by atoms with van der Waals surface area (Å²) in [6.45, 7) is 5.41. The Balaban J connectivity index is 2.63. The minimum Gasteiger partial charge on any atom is -0.384 e. The van der Waals surface area contributed by atoms with Crippen molar-refractivity contribution < 1.29 is 8.42 Å². The SMILES string of the molecule is CC(C)(C)S(=O)(=O)CCNc1cc(Cl)cc(Cl)c1. The maximum absolute atomic E-state index is 11.9. The predicted molar refractivity (Wildman–Crippen MR) is 78.5 cm³/mol. The Hall–Kier alpha value is -0.450. The van der Waals surface area contributed by atoms with Gasteiger partial charge in [0.1, 0.15) is 0 Å². The number of nitrogens with one attached hydrogen (secondary N) is 1. The lowest BCUT2D eigenvalue weighted by molar-refractivity contribution is 0.560. The first-order chi connectivity index (χ1) is 8.12. The maximum Gasteiger partial charge on any atom is 0.156 e. The van der Waals surface area contributed by atoms with E-state index >= 15 is 0 Å². The third kappa shape index (κ3) is 4.34. The van der Waals surface area contributed by atoms with Crippen LogP contribution >= 0.6 is 23.2 Å². The highest BCUT2D eigenvalue weighted by Gasteiger charge is 2.28. The minimum atomic E-state index is -3.12. The van der Waals surface area contributed by atoms with Crippen LogP contribution in [-0.4, -0.2) is 25.5 Å². The van der Waals surface area contributed by atoms with Gasteiger partial charge in [0, 0.05) is 22.3 Å². The van der Waals surface area contributed by atoms with Gasteiger partial charge in [-0.1, -0.05) is 23.2 Å². The molecule has 1 aromatic rings. The van der Waals surface area contributed by atoms with E-state index in [0.717, 1.165) is 5.69 Å². The third-order valence-corrected chi connectivity index (χ3v) is 5.54. The summed E-state index contributed by atoms with van der Waals surface area (Å²) >= 11 is 11.7. The van der Waals surface area contributed by atoms with Gasteiger partial charge in [-0.15, -0.1) is 0 Å². The molecule has 0 aromatic heterocycles. The third-order valence-electron chi connectivity index (χ3n) is 2.50. The van der Waals surface area contributed by atoms with E-state index in [0.29, 0.717) is 16.6 Å². The van der Waals surface area contributed by atoms with Crippen LogP contribution in [0.15, 0.2) is 18.2 Å². The van der Waals surface area contributed by atoms with E-state index in [1.54, 1.807) is 39.0 Å². The standard InChI is InChI=1S/C12H17Cl2NO2S/c1-12(2,3)18(16,17)5-4-15-11-7-9(13)6-10(14)8-11/h6-8,15H,4-5H2,1-3H3. The average Bonchev–Trinajstić information content (AvgIpc) is 2.13. The summed E-state index contributed by atoms with van der Waals surface area (Å²) in [5.74, 6) is 0.0701. The van der Waals surface area contributed by atoms with Crippen LogP contribution in [0, 0.1) is 0 Å². The molecule has 102 valence electrons. The molecule has 0 spiro atoms. The van der Waals surface area contributed by atoms with Crippen LogP contribution in [0.25, 0.3) is 0 Å². The Morgan fingerprint density at radius 1 is 1.11 bits per heavy atom. The molecule has 0 unspecified atom stereocenters. The molecule has 0 aliphatic rings. The lowest BCUT2D eigenvalue weighted by Gasteiger charge is -2.19. The second kappa shape index (κ2) is 5.68. The highest BCUT2D eigenvalue weighted by Crippen LogP contribution is 2.22. The van der Waals surface area contributed by atoms with Crippen LogP contribution in [0.1, 0.15) is 20.8 Å². The number of anilines is 1. The maximum atomic E-state index is 11.9. The molecule has 0 fully saturated rings. The highest BCUT2D eigenvalue weighted by molar-refractivity contribution is 7.92. The Labute approximate surface area is 118 Å². The number of benzene rings is 1. The van der Waals surface area contributed by atoms with E-state index in [1.165, 1.54) is 0 Å². The molecule has 0 atom stereocenters. The molecule has 0 saturated heterocycles. The summed E-state index contributed by atoms with van der Waals surface area (Å²) in [4.78, 5) is 0. The highest BCUT2D eigenvalue weighted by atomic mass is 35.5. The quantitative estimate of drug-likeness (QED) is 0.924. The Morgan fingerprint density at radius 2 is 1.61 bits per heavy atom. The number of hydrogen-bond acceptors (Lipinski definition) is 3. The van der Waals surface area contributed by atoms with Gasteiger partial charge in [0.25, 0.3) is 0 Å². The largest absolute Gasteiger partial charge is 0.384 e. The minimum absolute atomic E-state index is 0.0701. The van der Waals surface area contributed by atoms with Crippen molar-refractivity contribution in [2.75, 3.05) is 17.6 Å². The molecule has 1 rings (SSSR count). The van der Waals surface area contributed by atoms with E-state index < -0.39 is 14.6 Å². The summed E-state index contributed by atoms with van der Waals surface area (Å²) in [5.41, 5.74) is 0.719. The van der Waals surface area contributed by atoms with Crippen LogP contribution < -0.4 is 5.32 Å². The molecular formula is C12H17Cl2NO2S. The van der Waals surface area contributed by atoms with Gasteiger partial charge in [-0.2, -0.15) is 0 Å². The smallest absolute Gasteiger partial charge is 0.156 e. The molecule has 1 aromatic carbocycles. The summed E-state index contributed by atoms with van der Waals surface area (Å²) in [7, 11) is -3.12. The number of sulfone groups is 1. The molecule has 0 aliphatic carbocycles. The van der Waals surface area contributed by atoms with E-state index in [-0.39, 0.29) is 5.75 Å². The zero-order valence-corrected chi connectivity index (χ0v) is 13.0. The molecule has 6 heteroatoms. The summed E-state index contributed by atoms with van der Waals surface area (Å²) in [6.07, 6.45) is 0. The lowest BCUT2D eigenvalue weighted by Crippen LogP contribution is -2.32. The van der Waals surface area contributed by atoms with E-state index in [4.69, 9.17) is 23.2 Å². The van der Waals surface area contributed by atoms with E-state index in [9.17, 15) is 8.42 Å². The average molecular weight is 310 g/mol. The van der Waals surface area contributed by atoms with Gasteiger partial charge < -0.3 is 5.32 Å². The number of rotatable bonds is 4.